The highest BCUT2D eigenvalue weighted by atomic mass is 16.4. The Hall–Kier alpha value is -1.88. The molecule has 1 aromatic heterocycles. The van der Waals surface area contributed by atoms with Crippen molar-refractivity contribution in [2.45, 2.75) is 18.9 Å². The number of rotatable bonds is 2. The third kappa shape index (κ3) is 1.67. The van der Waals surface area contributed by atoms with E-state index in [1.54, 1.807) is 25.2 Å². The molecule has 0 radical (unpaired) electrons. The molecule has 0 aliphatic carbocycles. The van der Waals surface area contributed by atoms with Crippen LogP contribution < -0.4 is 11.1 Å². The first kappa shape index (κ1) is 11.2. The fourth-order valence-corrected chi connectivity index (χ4v) is 2.40. The van der Waals surface area contributed by atoms with Crippen LogP contribution in [-0.4, -0.2) is 22.9 Å². The van der Waals surface area contributed by atoms with Crippen molar-refractivity contribution < 1.29 is 9.21 Å². The van der Waals surface area contributed by atoms with Gasteiger partial charge < -0.3 is 9.73 Å². The van der Waals surface area contributed by atoms with Gasteiger partial charge in [-0.15, -0.1) is 0 Å². The van der Waals surface area contributed by atoms with Gasteiger partial charge in [0, 0.05) is 12.6 Å². The highest BCUT2D eigenvalue weighted by molar-refractivity contribution is 6.02. The van der Waals surface area contributed by atoms with Gasteiger partial charge in [-0.2, -0.15) is 0 Å². The minimum Gasteiger partial charge on any atom is -0.408 e. The number of hydrogen-bond donors (Lipinski definition) is 1. The normalized spacial score (nSPS) is 19.5. The highest BCUT2D eigenvalue weighted by Crippen LogP contribution is 2.18. The summed E-state index contributed by atoms with van der Waals surface area (Å²) in [5.74, 6) is -0.338. The zero-order valence-corrected chi connectivity index (χ0v) is 10.1. The SMILES string of the molecule is Cn1c(=O)oc2cc(C(=O)C3CCCN3)ccc21. The Balaban J connectivity index is 2.02. The van der Waals surface area contributed by atoms with E-state index in [4.69, 9.17) is 4.42 Å². The van der Waals surface area contributed by atoms with Gasteiger partial charge in [-0.05, 0) is 37.6 Å². The molecule has 1 aliphatic heterocycles. The molecule has 5 nitrogen and oxygen atoms in total. The van der Waals surface area contributed by atoms with E-state index in [2.05, 4.69) is 5.32 Å². The number of nitrogens with zero attached hydrogens (tertiary/aromatic N) is 1. The van der Waals surface area contributed by atoms with Crippen molar-refractivity contribution in [3.05, 3.63) is 34.3 Å². The number of carbonyl (C=O) groups excluding carboxylic acids is 1. The van der Waals surface area contributed by atoms with Crippen molar-refractivity contribution in [1.29, 1.82) is 0 Å². The van der Waals surface area contributed by atoms with Crippen LogP contribution in [0.15, 0.2) is 27.4 Å². The van der Waals surface area contributed by atoms with Gasteiger partial charge in [0.2, 0.25) is 0 Å². The minimum absolute atomic E-state index is 0.0703. The van der Waals surface area contributed by atoms with Gasteiger partial charge >= 0.3 is 5.76 Å². The standard InChI is InChI=1S/C13H14N2O3/c1-15-10-5-4-8(7-11(10)18-13(15)17)12(16)9-3-2-6-14-9/h4-5,7,9,14H,2-3,6H2,1H3. The molecule has 0 bridgehead atoms. The summed E-state index contributed by atoms with van der Waals surface area (Å²) < 4.78 is 6.51. The molecule has 3 rings (SSSR count). The predicted octanol–water partition coefficient (Wildman–Crippen LogP) is 1.07. The van der Waals surface area contributed by atoms with E-state index in [0.717, 1.165) is 19.4 Å². The third-order valence-electron chi connectivity index (χ3n) is 3.45. The summed E-state index contributed by atoms with van der Waals surface area (Å²) in [6, 6.07) is 5.05. The molecule has 18 heavy (non-hydrogen) atoms. The number of aryl methyl sites for hydroxylation is 1. The Labute approximate surface area is 103 Å². The van der Waals surface area contributed by atoms with Crippen LogP contribution >= 0.6 is 0 Å². The number of aromatic nitrogens is 1. The van der Waals surface area contributed by atoms with Crippen molar-refractivity contribution in [2.75, 3.05) is 6.54 Å². The molecular formula is C13H14N2O3. The van der Waals surface area contributed by atoms with E-state index >= 15 is 0 Å². The quantitative estimate of drug-likeness (QED) is 0.805. The van der Waals surface area contributed by atoms with E-state index in [-0.39, 0.29) is 11.8 Å². The summed E-state index contributed by atoms with van der Waals surface area (Å²) in [5, 5.41) is 3.17. The van der Waals surface area contributed by atoms with Crippen molar-refractivity contribution in [2.24, 2.45) is 7.05 Å². The fraction of sp³-hybridized carbons (Fsp3) is 0.385. The Morgan fingerprint density at radius 1 is 1.50 bits per heavy atom. The maximum Gasteiger partial charge on any atom is 0.419 e. The van der Waals surface area contributed by atoms with Gasteiger partial charge in [0.25, 0.3) is 0 Å². The molecule has 0 spiro atoms. The number of Topliss-reactive ketones (excluding diaryl/α,β-unsaturated/α-hetero) is 1. The second-order valence-corrected chi connectivity index (χ2v) is 4.62. The first-order chi connectivity index (χ1) is 8.66. The summed E-state index contributed by atoms with van der Waals surface area (Å²) in [5.41, 5.74) is 1.76. The van der Waals surface area contributed by atoms with E-state index in [1.807, 2.05) is 0 Å². The van der Waals surface area contributed by atoms with Crippen LogP contribution in [0.4, 0.5) is 0 Å². The predicted molar refractivity (Wildman–Crippen MR) is 66.8 cm³/mol. The lowest BCUT2D eigenvalue weighted by atomic mass is 10.0. The van der Waals surface area contributed by atoms with Crippen molar-refractivity contribution in [3.63, 3.8) is 0 Å². The molecule has 5 heteroatoms. The number of nitrogens with one attached hydrogen (secondary N) is 1. The molecule has 0 amide bonds. The van der Waals surface area contributed by atoms with Crippen LogP contribution in [0.2, 0.25) is 0 Å². The molecule has 1 saturated heterocycles. The lowest BCUT2D eigenvalue weighted by Crippen LogP contribution is -2.30. The Kier molecular flexibility index (Phi) is 2.56. The second kappa shape index (κ2) is 4.10. The molecular weight excluding hydrogens is 232 g/mol. The van der Waals surface area contributed by atoms with Gasteiger partial charge in [0.15, 0.2) is 11.4 Å². The molecule has 1 aliphatic rings. The number of hydrogen-bond acceptors (Lipinski definition) is 4. The molecule has 1 fully saturated rings. The molecule has 1 unspecified atom stereocenters. The minimum atomic E-state index is -0.409. The molecule has 1 atom stereocenters. The maximum absolute atomic E-state index is 12.2. The Bertz CT molecular complexity index is 662. The molecule has 0 saturated carbocycles. The average Bonchev–Trinajstić information content (AvgIpc) is 2.98. The summed E-state index contributed by atoms with van der Waals surface area (Å²) in [6.45, 7) is 0.888. The molecule has 1 N–H and O–H groups in total. The number of fused-ring (bicyclic) bond motifs is 1. The van der Waals surface area contributed by atoms with Gasteiger partial charge in [-0.3, -0.25) is 9.36 Å². The van der Waals surface area contributed by atoms with Gasteiger partial charge in [-0.25, -0.2) is 4.79 Å². The second-order valence-electron chi connectivity index (χ2n) is 4.62. The highest BCUT2D eigenvalue weighted by Gasteiger charge is 2.23. The first-order valence-corrected chi connectivity index (χ1v) is 6.04. The molecule has 2 aromatic rings. The van der Waals surface area contributed by atoms with Crippen molar-refractivity contribution in [3.8, 4) is 0 Å². The van der Waals surface area contributed by atoms with Crippen LogP contribution in [0.25, 0.3) is 11.1 Å². The van der Waals surface area contributed by atoms with Gasteiger partial charge in [-0.1, -0.05) is 0 Å². The maximum atomic E-state index is 12.2. The third-order valence-corrected chi connectivity index (χ3v) is 3.45. The van der Waals surface area contributed by atoms with E-state index < -0.39 is 5.76 Å². The van der Waals surface area contributed by atoms with E-state index in [0.29, 0.717) is 16.7 Å². The van der Waals surface area contributed by atoms with Crippen LogP contribution in [0, 0.1) is 0 Å². The zero-order chi connectivity index (χ0) is 12.7. The Morgan fingerprint density at radius 2 is 2.33 bits per heavy atom. The monoisotopic (exact) mass is 246 g/mol. The lowest BCUT2D eigenvalue weighted by molar-refractivity contribution is 0.0952. The average molecular weight is 246 g/mol. The van der Waals surface area contributed by atoms with E-state index in [9.17, 15) is 9.59 Å². The topological polar surface area (TPSA) is 64.2 Å². The number of carbonyl (C=O) groups is 1. The number of ketones is 1. The fourth-order valence-electron chi connectivity index (χ4n) is 2.40. The Morgan fingerprint density at radius 3 is 3.06 bits per heavy atom. The molecule has 94 valence electrons. The van der Waals surface area contributed by atoms with Crippen LogP contribution in [0.5, 0.6) is 0 Å². The van der Waals surface area contributed by atoms with Gasteiger partial charge in [0.05, 0.1) is 11.6 Å². The summed E-state index contributed by atoms with van der Waals surface area (Å²) in [4.78, 5) is 23.6. The number of benzene rings is 1. The summed E-state index contributed by atoms with van der Waals surface area (Å²) in [7, 11) is 1.65. The summed E-state index contributed by atoms with van der Waals surface area (Å²) in [6.07, 6.45) is 1.90. The van der Waals surface area contributed by atoms with E-state index in [1.165, 1.54) is 4.57 Å². The lowest BCUT2D eigenvalue weighted by Gasteiger charge is -2.08. The van der Waals surface area contributed by atoms with Crippen LogP contribution in [0.3, 0.4) is 0 Å². The summed E-state index contributed by atoms with van der Waals surface area (Å²) >= 11 is 0. The smallest absolute Gasteiger partial charge is 0.408 e. The van der Waals surface area contributed by atoms with Crippen LogP contribution in [-0.2, 0) is 7.05 Å². The molecule has 1 aromatic carbocycles. The number of oxazole rings is 1. The molecule has 2 heterocycles. The van der Waals surface area contributed by atoms with Crippen molar-refractivity contribution >= 4 is 16.9 Å². The van der Waals surface area contributed by atoms with Gasteiger partial charge in [0.1, 0.15) is 0 Å². The van der Waals surface area contributed by atoms with Crippen molar-refractivity contribution in [1.82, 2.24) is 9.88 Å². The first-order valence-electron chi connectivity index (χ1n) is 6.04. The zero-order valence-electron chi connectivity index (χ0n) is 10.1. The van der Waals surface area contributed by atoms with Crippen LogP contribution in [0.1, 0.15) is 23.2 Å². The largest absolute Gasteiger partial charge is 0.419 e.